The Kier molecular flexibility index (Phi) is 21.8. The van der Waals surface area contributed by atoms with E-state index in [0.29, 0.717) is 26.4 Å². The Balaban J connectivity index is 2.92. The number of methoxy groups -OCH3 is 1. The van der Waals surface area contributed by atoms with Gasteiger partial charge in [0, 0.05) is 13.7 Å². The molecule has 0 aromatic rings. The van der Waals surface area contributed by atoms with Crippen molar-refractivity contribution in [2.24, 2.45) is 0 Å². The molecule has 0 saturated heterocycles. The summed E-state index contributed by atoms with van der Waals surface area (Å²) in [4.78, 5) is 0. The Labute approximate surface area is 145 Å². The van der Waals surface area contributed by atoms with Crippen molar-refractivity contribution in [1.82, 2.24) is 0 Å². The first-order valence-corrected chi connectivity index (χ1v) is 10.1. The fraction of sp³-hybridized carbons (Fsp3) is 1.00. The van der Waals surface area contributed by atoms with E-state index in [2.05, 4.69) is 6.92 Å². The van der Waals surface area contributed by atoms with Crippen LogP contribution in [0.2, 0.25) is 0 Å². The van der Waals surface area contributed by atoms with Crippen LogP contribution in [-0.2, 0) is 14.2 Å². The van der Waals surface area contributed by atoms with Gasteiger partial charge in [0.05, 0.1) is 26.4 Å². The summed E-state index contributed by atoms with van der Waals surface area (Å²) in [7, 11) is 1.69. The van der Waals surface area contributed by atoms with Crippen LogP contribution >= 0.6 is 0 Å². The highest BCUT2D eigenvalue weighted by atomic mass is 16.5. The Morgan fingerprint density at radius 3 is 1.30 bits per heavy atom. The van der Waals surface area contributed by atoms with Gasteiger partial charge in [-0.25, -0.2) is 0 Å². The molecule has 0 atom stereocenters. The molecule has 0 heterocycles. The number of hydrogen-bond donors (Lipinski definition) is 0. The third-order valence-corrected chi connectivity index (χ3v) is 4.20. The summed E-state index contributed by atoms with van der Waals surface area (Å²) in [5.74, 6) is 0. The molecule has 0 aliphatic rings. The summed E-state index contributed by atoms with van der Waals surface area (Å²) in [6.45, 7) is 5.89. The zero-order chi connectivity index (χ0) is 16.8. The lowest BCUT2D eigenvalue weighted by molar-refractivity contribution is 0.0239. The van der Waals surface area contributed by atoms with Crippen molar-refractivity contribution in [3.05, 3.63) is 0 Å². The second kappa shape index (κ2) is 21.9. The average molecular weight is 331 g/mol. The second-order valence-corrected chi connectivity index (χ2v) is 6.46. The first-order valence-electron chi connectivity index (χ1n) is 10.1. The smallest absolute Gasteiger partial charge is 0.0701 e. The van der Waals surface area contributed by atoms with Gasteiger partial charge in [0.15, 0.2) is 0 Å². The minimum absolute atomic E-state index is 0.665. The molecular weight excluding hydrogens is 288 g/mol. The van der Waals surface area contributed by atoms with Gasteiger partial charge in [0.25, 0.3) is 0 Å². The van der Waals surface area contributed by atoms with E-state index in [1.165, 1.54) is 83.5 Å². The van der Waals surface area contributed by atoms with Gasteiger partial charge < -0.3 is 14.2 Å². The first-order chi connectivity index (χ1) is 11.4. The normalized spacial score (nSPS) is 11.2. The SMILES string of the molecule is CCCCCCCCCCCCCCCOCCOCCOC. The van der Waals surface area contributed by atoms with Crippen molar-refractivity contribution in [1.29, 1.82) is 0 Å². The van der Waals surface area contributed by atoms with E-state index in [4.69, 9.17) is 14.2 Å². The maximum atomic E-state index is 5.55. The van der Waals surface area contributed by atoms with Gasteiger partial charge in [0.1, 0.15) is 0 Å². The lowest BCUT2D eigenvalue weighted by Gasteiger charge is -2.06. The highest BCUT2D eigenvalue weighted by Crippen LogP contribution is 2.12. The molecule has 0 saturated carbocycles. The van der Waals surface area contributed by atoms with Crippen LogP contribution in [-0.4, -0.2) is 40.1 Å². The van der Waals surface area contributed by atoms with Crippen LogP contribution in [0.3, 0.4) is 0 Å². The average Bonchev–Trinajstić information content (AvgIpc) is 2.57. The maximum absolute atomic E-state index is 5.55. The van der Waals surface area contributed by atoms with Crippen LogP contribution in [0, 0.1) is 0 Å². The van der Waals surface area contributed by atoms with E-state index < -0.39 is 0 Å². The lowest BCUT2D eigenvalue weighted by Crippen LogP contribution is -2.08. The molecule has 0 aromatic carbocycles. The predicted octanol–water partition coefficient (Wildman–Crippen LogP) is 5.76. The van der Waals surface area contributed by atoms with Crippen LogP contribution in [0.25, 0.3) is 0 Å². The fourth-order valence-corrected chi connectivity index (χ4v) is 2.69. The van der Waals surface area contributed by atoms with Gasteiger partial charge in [-0.05, 0) is 6.42 Å². The summed E-state index contributed by atoms with van der Waals surface area (Å²) < 4.78 is 15.8. The molecule has 0 unspecified atom stereocenters. The van der Waals surface area contributed by atoms with Crippen molar-refractivity contribution in [3.63, 3.8) is 0 Å². The highest BCUT2D eigenvalue weighted by Gasteiger charge is 1.94. The summed E-state index contributed by atoms with van der Waals surface area (Å²) in [6.07, 6.45) is 18.1. The van der Waals surface area contributed by atoms with Crippen LogP contribution in [0.15, 0.2) is 0 Å². The second-order valence-electron chi connectivity index (χ2n) is 6.46. The summed E-state index contributed by atoms with van der Waals surface area (Å²) in [6, 6.07) is 0. The molecule has 140 valence electrons. The molecule has 0 aliphatic carbocycles. The van der Waals surface area contributed by atoms with E-state index in [9.17, 15) is 0 Å². The number of hydrogen-bond acceptors (Lipinski definition) is 3. The zero-order valence-electron chi connectivity index (χ0n) is 16.0. The van der Waals surface area contributed by atoms with E-state index in [1.54, 1.807) is 7.11 Å². The Morgan fingerprint density at radius 2 is 0.826 bits per heavy atom. The monoisotopic (exact) mass is 330 g/mol. The molecule has 23 heavy (non-hydrogen) atoms. The lowest BCUT2D eigenvalue weighted by atomic mass is 10.0. The molecule has 0 spiro atoms. The van der Waals surface area contributed by atoms with Gasteiger partial charge >= 0.3 is 0 Å². The molecule has 0 N–H and O–H groups in total. The number of rotatable bonds is 20. The molecule has 0 radical (unpaired) electrons. The van der Waals surface area contributed by atoms with Gasteiger partial charge in [0.2, 0.25) is 0 Å². The van der Waals surface area contributed by atoms with Crippen LogP contribution in [0.1, 0.15) is 90.4 Å². The van der Waals surface area contributed by atoms with E-state index in [1.807, 2.05) is 0 Å². The third-order valence-electron chi connectivity index (χ3n) is 4.20. The fourth-order valence-electron chi connectivity index (χ4n) is 2.69. The number of unbranched alkanes of at least 4 members (excludes halogenated alkanes) is 12. The van der Waals surface area contributed by atoms with Crippen LogP contribution in [0.4, 0.5) is 0 Å². The van der Waals surface area contributed by atoms with Gasteiger partial charge in [-0.15, -0.1) is 0 Å². The van der Waals surface area contributed by atoms with Gasteiger partial charge in [-0.2, -0.15) is 0 Å². The Bertz CT molecular complexity index is 177. The summed E-state index contributed by atoms with van der Waals surface area (Å²) in [5.41, 5.74) is 0. The Morgan fingerprint density at radius 1 is 0.435 bits per heavy atom. The zero-order valence-corrected chi connectivity index (χ0v) is 16.0. The topological polar surface area (TPSA) is 27.7 Å². The van der Waals surface area contributed by atoms with Crippen LogP contribution in [0.5, 0.6) is 0 Å². The Hall–Kier alpha value is -0.120. The van der Waals surface area contributed by atoms with Crippen molar-refractivity contribution < 1.29 is 14.2 Å². The molecule has 0 rings (SSSR count). The van der Waals surface area contributed by atoms with E-state index in [0.717, 1.165) is 6.61 Å². The van der Waals surface area contributed by atoms with Gasteiger partial charge in [-0.1, -0.05) is 84.0 Å². The number of ether oxygens (including phenoxy) is 3. The van der Waals surface area contributed by atoms with E-state index in [-0.39, 0.29) is 0 Å². The molecular formula is C20H42O3. The molecule has 0 amide bonds. The highest BCUT2D eigenvalue weighted by molar-refractivity contribution is 4.49. The van der Waals surface area contributed by atoms with Crippen LogP contribution < -0.4 is 0 Å². The van der Waals surface area contributed by atoms with Gasteiger partial charge in [-0.3, -0.25) is 0 Å². The van der Waals surface area contributed by atoms with Crippen molar-refractivity contribution >= 4 is 0 Å². The molecule has 0 bridgehead atoms. The van der Waals surface area contributed by atoms with E-state index >= 15 is 0 Å². The standard InChI is InChI=1S/C20H42O3/c1-3-4-5-6-7-8-9-10-11-12-13-14-15-16-22-19-20-23-18-17-21-2/h3-20H2,1-2H3. The molecule has 3 nitrogen and oxygen atoms in total. The van der Waals surface area contributed by atoms with Crippen molar-refractivity contribution in [3.8, 4) is 0 Å². The molecule has 0 aromatic heterocycles. The third kappa shape index (κ3) is 21.9. The van der Waals surface area contributed by atoms with Crippen molar-refractivity contribution in [2.75, 3.05) is 40.1 Å². The maximum Gasteiger partial charge on any atom is 0.0701 e. The quantitative estimate of drug-likeness (QED) is 0.266. The van der Waals surface area contributed by atoms with Crippen molar-refractivity contribution in [2.45, 2.75) is 90.4 Å². The molecule has 0 fully saturated rings. The minimum Gasteiger partial charge on any atom is -0.382 e. The molecule has 3 heteroatoms. The largest absolute Gasteiger partial charge is 0.382 e. The predicted molar refractivity (Wildman–Crippen MR) is 99.2 cm³/mol. The summed E-state index contributed by atoms with van der Waals surface area (Å²) in [5, 5.41) is 0. The summed E-state index contributed by atoms with van der Waals surface area (Å²) >= 11 is 0. The minimum atomic E-state index is 0.665. The first kappa shape index (κ1) is 22.9. The molecule has 0 aliphatic heterocycles.